The number of thioether (sulfide) groups is 1. The van der Waals surface area contributed by atoms with Gasteiger partial charge in [-0.25, -0.2) is 14.8 Å². The molecule has 0 radical (unpaired) electrons. The standard InChI is InChI=1S/C18H21N5O4S/c1-4-27-17(26)13-9-20-18(21-14(13)19)28-11(3)15(24)22-23-16(25)12-7-5-10(2)6-8-12/h5-9,11H,4H2,1-3H3,(H,22,24)(H,23,25)(H2,19,20,21)/t11-/m0/s1. The van der Waals surface area contributed by atoms with Crippen molar-refractivity contribution in [3.05, 3.63) is 47.2 Å². The lowest BCUT2D eigenvalue weighted by Crippen LogP contribution is -2.44. The highest BCUT2D eigenvalue weighted by Crippen LogP contribution is 2.21. The number of aromatic nitrogens is 2. The summed E-state index contributed by atoms with van der Waals surface area (Å²) in [5.41, 5.74) is 12.0. The van der Waals surface area contributed by atoms with Gasteiger partial charge in [-0.05, 0) is 32.9 Å². The Kier molecular flexibility index (Phi) is 7.33. The normalized spacial score (nSPS) is 11.4. The van der Waals surface area contributed by atoms with Gasteiger partial charge in [0.1, 0.15) is 11.4 Å². The van der Waals surface area contributed by atoms with E-state index < -0.39 is 23.0 Å². The SMILES string of the molecule is CCOC(=O)c1cnc(S[C@@H](C)C(=O)NNC(=O)c2ccc(C)cc2)nc1N. The van der Waals surface area contributed by atoms with Gasteiger partial charge in [-0.15, -0.1) is 0 Å². The number of nitrogens with one attached hydrogen (secondary N) is 2. The molecule has 0 bridgehead atoms. The van der Waals surface area contributed by atoms with E-state index in [0.717, 1.165) is 17.3 Å². The van der Waals surface area contributed by atoms with E-state index in [9.17, 15) is 14.4 Å². The number of carbonyl (C=O) groups excluding carboxylic acids is 3. The van der Waals surface area contributed by atoms with Gasteiger partial charge in [0.2, 0.25) is 0 Å². The lowest BCUT2D eigenvalue weighted by atomic mass is 10.1. The van der Waals surface area contributed by atoms with Crippen LogP contribution in [0.1, 0.15) is 40.1 Å². The van der Waals surface area contributed by atoms with E-state index in [1.54, 1.807) is 38.1 Å². The number of rotatable bonds is 6. The summed E-state index contributed by atoms with van der Waals surface area (Å²) in [7, 11) is 0. The Morgan fingerprint density at radius 3 is 2.50 bits per heavy atom. The number of nitrogen functional groups attached to an aromatic ring is 1. The van der Waals surface area contributed by atoms with Crippen molar-refractivity contribution in [2.24, 2.45) is 0 Å². The molecule has 0 fully saturated rings. The molecule has 2 amide bonds. The molecule has 1 atom stereocenters. The van der Waals surface area contributed by atoms with E-state index in [1.807, 2.05) is 6.92 Å². The Bertz CT molecular complexity index is 873. The average molecular weight is 403 g/mol. The smallest absolute Gasteiger partial charge is 0.343 e. The Labute approximate surface area is 166 Å². The molecule has 1 aromatic carbocycles. The van der Waals surface area contributed by atoms with Gasteiger partial charge in [0, 0.05) is 11.8 Å². The van der Waals surface area contributed by atoms with Crippen molar-refractivity contribution >= 4 is 35.4 Å². The number of amides is 2. The van der Waals surface area contributed by atoms with Crippen molar-refractivity contribution < 1.29 is 19.1 Å². The Morgan fingerprint density at radius 1 is 1.21 bits per heavy atom. The summed E-state index contributed by atoms with van der Waals surface area (Å²) in [5, 5.41) is -0.399. The van der Waals surface area contributed by atoms with E-state index >= 15 is 0 Å². The third-order valence-electron chi connectivity index (χ3n) is 3.56. The molecule has 2 aromatic rings. The first-order chi connectivity index (χ1) is 13.3. The van der Waals surface area contributed by atoms with Crippen molar-refractivity contribution in [2.75, 3.05) is 12.3 Å². The predicted octanol–water partition coefficient (Wildman–Crippen LogP) is 1.49. The average Bonchev–Trinajstić information content (AvgIpc) is 2.66. The first kappa shape index (κ1) is 21.2. The van der Waals surface area contributed by atoms with E-state index in [1.165, 1.54) is 6.20 Å². The fourth-order valence-corrected chi connectivity index (χ4v) is 2.76. The molecule has 1 aromatic heterocycles. The summed E-state index contributed by atoms with van der Waals surface area (Å²) in [6, 6.07) is 6.93. The van der Waals surface area contributed by atoms with Crippen LogP contribution in [0, 0.1) is 6.92 Å². The molecular formula is C18H21N5O4S. The fraction of sp³-hybridized carbons (Fsp3) is 0.278. The van der Waals surface area contributed by atoms with E-state index in [2.05, 4.69) is 20.8 Å². The highest BCUT2D eigenvalue weighted by atomic mass is 32.2. The third kappa shape index (κ3) is 5.68. The molecule has 4 N–H and O–H groups in total. The van der Waals surface area contributed by atoms with Crippen LogP contribution in [0.15, 0.2) is 35.6 Å². The molecule has 0 aliphatic heterocycles. The second-order valence-electron chi connectivity index (χ2n) is 5.74. The number of ether oxygens (including phenoxy) is 1. The van der Waals surface area contributed by atoms with Gasteiger partial charge in [-0.1, -0.05) is 29.5 Å². The van der Waals surface area contributed by atoms with E-state index in [0.29, 0.717) is 5.56 Å². The number of anilines is 1. The van der Waals surface area contributed by atoms with Gasteiger partial charge >= 0.3 is 5.97 Å². The molecule has 0 spiro atoms. The van der Waals surface area contributed by atoms with Crippen LogP contribution < -0.4 is 16.6 Å². The number of nitrogens with two attached hydrogens (primary N) is 1. The number of aryl methyl sites for hydroxylation is 1. The maximum atomic E-state index is 12.2. The minimum atomic E-state index is -0.619. The van der Waals surface area contributed by atoms with Gasteiger partial charge in [-0.3, -0.25) is 20.4 Å². The van der Waals surface area contributed by atoms with Crippen LogP contribution in [0.2, 0.25) is 0 Å². The zero-order valence-corrected chi connectivity index (χ0v) is 16.5. The summed E-state index contributed by atoms with van der Waals surface area (Å²) in [4.78, 5) is 43.9. The van der Waals surface area contributed by atoms with Crippen LogP contribution in [0.3, 0.4) is 0 Å². The number of benzene rings is 1. The maximum absolute atomic E-state index is 12.2. The third-order valence-corrected chi connectivity index (χ3v) is 4.53. The van der Waals surface area contributed by atoms with Crippen LogP contribution in [0.4, 0.5) is 5.82 Å². The Morgan fingerprint density at radius 2 is 1.89 bits per heavy atom. The number of hydrogen-bond donors (Lipinski definition) is 3. The van der Waals surface area contributed by atoms with E-state index in [-0.39, 0.29) is 23.1 Å². The van der Waals surface area contributed by atoms with Gasteiger partial charge in [0.05, 0.1) is 11.9 Å². The quantitative estimate of drug-likeness (QED) is 0.286. The molecule has 0 saturated heterocycles. The molecule has 9 nitrogen and oxygen atoms in total. The van der Waals surface area contributed by atoms with Crippen molar-refractivity contribution in [1.29, 1.82) is 0 Å². The zero-order chi connectivity index (χ0) is 20.7. The molecule has 0 unspecified atom stereocenters. The van der Waals surface area contributed by atoms with Crippen molar-refractivity contribution in [3.8, 4) is 0 Å². The van der Waals surface area contributed by atoms with Crippen LogP contribution in [-0.4, -0.2) is 39.6 Å². The summed E-state index contributed by atoms with van der Waals surface area (Å²) >= 11 is 1.03. The number of hydrogen-bond acceptors (Lipinski definition) is 8. The van der Waals surface area contributed by atoms with Crippen molar-refractivity contribution in [2.45, 2.75) is 31.2 Å². The van der Waals surface area contributed by atoms with Crippen LogP contribution >= 0.6 is 11.8 Å². The lowest BCUT2D eigenvalue weighted by Gasteiger charge is -2.12. The molecule has 10 heteroatoms. The van der Waals surface area contributed by atoms with Crippen LogP contribution in [-0.2, 0) is 9.53 Å². The number of carbonyl (C=O) groups is 3. The van der Waals surface area contributed by atoms with Crippen LogP contribution in [0.5, 0.6) is 0 Å². The molecule has 0 aliphatic carbocycles. The second kappa shape index (κ2) is 9.70. The number of esters is 1. The minimum Gasteiger partial charge on any atom is -0.462 e. The van der Waals surface area contributed by atoms with Crippen LogP contribution in [0.25, 0.3) is 0 Å². The summed E-state index contributed by atoms with van der Waals surface area (Å²) in [6.45, 7) is 5.42. The Hall–Kier alpha value is -3.14. The van der Waals surface area contributed by atoms with Gasteiger partial charge in [-0.2, -0.15) is 0 Å². The molecule has 148 valence electrons. The molecule has 2 rings (SSSR count). The first-order valence-electron chi connectivity index (χ1n) is 8.45. The summed E-state index contributed by atoms with van der Waals surface area (Å²) in [5.74, 6) is -1.51. The molecule has 1 heterocycles. The second-order valence-corrected chi connectivity index (χ2v) is 7.05. The zero-order valence-electron chi connectivity index (χ0n) is 15.7. The van der Waals surface area contributed by atoms with Gasteiger partial charge in [0.15, 0.2) is 5.16 Å². The molecule has 0 aliphatic rings. The molecule has 28 heavy (non-hydrogen) atoms. The predicted molar refractivity (Wildman–Crippen MR) is 105 cm³/mol. The van der Waals surface area contributed by atoms with Crippen molar-refractivity contribution in [1.82, 2.24) is 20.8 Å². The maximum Gasteiger partial charge on any atom is 0.343 e. The van der Waals surface area contributed by atoms with Gasteiger partial charge < -0.3 is 10.5 Å². The number of nitrogens with zero attached hydrogens (tertiary/aromatic N) is 2. The van der Waals surface area contributed by atoms with Crippen molar-refractivity contribution in [3.63, 3.8) is 0 Å². The topological polar surface area (TPSA) is 136 Å². The first-order valence-corrected chi connectivity index (χ1v) is 9.33. The minimum absolute atomic E-state index is 0.0313. The fourth-order valence-electron chi connectivity index (χ4n) is 2.01. The van der Waals surface area contributed by atoms with Gasteiger partial charge in [0.25, 0.3) is 11.8 Å². The highest BCUT2D eigenvalue weighted by Gasteiger charge is 2.19. The summed E-state index contributed by atoms with van der Waals surface area (Å²) < 4.78 is 4.86. The highest BCUT2D eigenvalue weighted by molar-refractivity contribution is 8.00. The molecule has 0 saturated carbocycles. The summed E-state index contributed by atoms with van der Waals surface area (Å²) in [6.07, 6.45) is 1.26. The largest absolute Gasteiger partial charge is 0.462 e. The monoisotopic (exact) mass is 403 g/mol. The number of hydrazine groups is 1. The Balaban J connectivity index is 1.91. The molecular weight excluding hydrogens is 382 g/mol. The lowest BCUT2D eigenvalue weighted by molar-refractivity contribution is -0.121. The van der Waals surface area contributed by atoms with E-state index in [4.69, 9.17) is 10.5 Å².